The first kappa shape index (κ1) is 18.2. The summed E-state index contributed by atoms with van der Waals surface area (Å²) in [5.41, 5.74) is 1.73. The maximum atomic E-state index is 12.4. The van der Waals surface area contributed by atoms with E-state index in [9.17, 15) is 14.4 Å². The number of ether oxygens (including phenoxy) is 2. The van der Waals surface area contributed by atoms with Crippen LogP contribution in [-0.2, 0) is 14.4 Å². The quantitative estimate of drug-likeness (QED) is 0.843. The van der Waals surface area contributed by atoms with Gasteiger partial charge in [-0.05, 0) is 36.4 Å². The fourth-order valence-electron chi connectivity index (χ4n) is 2.62. The number of rotatable bonds is 5. The van der Waals surface area contributed by atoms with Gasteiger partial charge in [-0.3, -0.25) is 14.4 Å². The predicted octanol–water partition coefficient (Wildman–Crippen LogP) is 2.37. The fourth-order valence-corrected chi connectivity index (χ4v) is 2.62. The largest absolute Gasteiger partial charge is 0.454 e. The summed E-state index contributed by atoms with van der Waals surface area (Å²) in [6.45, 7) is 2.79. The Hall–Kier alpha value is -3.55. The second-order valence-electron chi connectivity index (χ2n) is 5.95. The summed E-state index contributed by atoms with van der Waals surface area (Å²) in [6.07, 6.45) is 0. The highest BCUT2D eigenvalue weighted by Crippen LogP contribution is 2.35. The number of carbonyl (C=O) groups is 3. The van der Waals surface area contributed by atoms with Gasteiger partial charge >= 0.3 is 0 Å². The molecule has 1 heterocycles. The molecule has 8 heteroatoms. The number of hydrogen-bond donors (Lipinski definition) is 2. The minimum atomic E-state index is -0.352. The summed E-state index contributed by atoms with van der Waals surface area (Å²) in [5, 5.41) is 5.38. The second-order valence-corrected chi connectivity index (χ2v) is 5.95. The van der Waals surface area contributed by atoms with Crippen LogP contribution >= 0.6 is 0 Å². The van der Waals surface area contributed by atoms with Crippen LogP contribution in [0.2, 0.25) is 0 Å². The molecule has 0 fully saturated rings. The molecule has 0 radical (unpaired) electrons. The number of fused-ring (bicyclic) bond motifs is 1. The molecule has 0 atom stereocenters. The molecule has 0 saturated heterocycles. The van der Waals surface area contributed by atoms with E-state index in [0.717, 1.165) is 0 Å². The van der Waals surface area contributed by atoms with E-state index in [0.29, 0.717) is 28.6 Å². The molecule has 140 valence electrons. The van der Waals surface area contributed by atoms with Crippen molar-refractivity contribution in [2.45, 2.75) is 13.8 Å². The number of anilines is 3. The Morgan fingerprint density at radius 1 is 0.926 bits per heavy atom. The standard InChI is InChI=1S/C19H19N3O5/c1-12(23)20-14-3-5-15(6-4-14)21-19(25)10-22(13(2)24)16-7-8-17-18(9-16)27-11-26-17/h3-9H,10-11H2,1-2H3,(H,20,23)(H,21,25). The SMILES string of the molecule is CC(=O)Nc1ccc(NC(=O)CN(C(C)=O)c2ccc3c(c2)OCO3)cc1. The zero-order valence-electron chi connectivity index (χ0n) is 14.9. The van der Waals surface area contributed by atoms with Crippen LogP contribution in [0.25, 0.3) is 0 Å². The van der Waals surface area contributed by atoms with Crippen LogP contribution in [0.4, 0.5) is 17.1 Å². The van der Waals surface area contributed by atoms with Gasteiger partial charge in [0.25, 0.3) is 0 Å². The zero-order chi connectivity index (χ0) is 19.4. The van der Waals surface area contributed by atoms with Crippen molar-refractivity contribution in [2.24, 2.45) is 0 Å². The van der Waals surface area contributed by atoms with Gasteiger partial charge in [-0.25, -0.2) is 0 Å². The van der Waals surface area contributed by atoms with Crippen LogP contribution in [0.5, 0.6) is 11.5 Å². The van der Waals surface area contributed by atoms with Crippen molar-refractivity contribution in [3.63, 3.8) is 0 Å². The van der Waals surface area contributed by atoms with Crippen LogP contribution in [0.15, 0.2) is 42.5 Å². The van der Waals surface area contributed by atoms with Gasteiger partial charge in [0.2, 0.25) is 24.5 Å². The molecule has 2 aromatic rings. The van der Waals surface area contributed by atoms with E-state index >= 15 is 0 Å². The highest BCUT2D eigenvalue weighted by molar-refractivity contribution is 6.02. The molecule has 0 aliphatic carbocycles. The Labute approximate surface area is 156 Å². The summed E-state index contributed by atoms with van der Waals surface area (Å²) in [4.78, 5) is 36.8. The van der Waals surface area contributed by atoms with Crippen molar-refractivity contribution in [3.05, 3.63) is 42.5 Å². The number of nitrogens with one attached hydrogen (secondary N) is 2. The topological polar surface area (TPSA) is 97.0 Å². The van der Waals surface area contributed by atoms with Gasteiger partial charge in [-0.1, -0.05) is 0 Å². The first-order valence-corrected chi connectivity index (χ1v) is 8.27. The first-order chi connectivity index (χ1) is 12.9. The summed E-state index contributed by atoms with van der Waals surface area (Å²) in [7, 11) is 0. The molecular weight excluding hydrogens is 350 g/mol. The lowest BCUT2D eigenvalue weighted by atomic mass is 10.2. The van der Waals surface area contributed by atoms with E-state index in [1.165, 1.54) is 18.7 Å². The molecule has 0 saturated carbocycles. The smallest absolute Gasteiger partial charge is 0.244 e. The van der Waals surface area contributed by atoms with Crippen molar-refractivity contribution in [3.8, 4) is 11.5 Å². The van der Waals surface area contributed by atoms with Crippen LogP contribution in [-0.4, -0.2) is 31.1 Å². The molecule has 0 aromatic heterocycles. The maximum absolute atomic E-state index is 12.4. The molecule has 2 N–H and O–H groups in total. The summed E-state index contributed by atoms with van der Waals surface area (Å²) >= 11 is 0. The molecule has 3 rings (SSSR count). The Morgan fingerprint density at radius 3 is 2.19 bits per heavy atom. The fraction of sp³-hybridized carbons (Fsp3) is 0.211. The molecule has 1 aliphatic rings. The highest BCUT2D eigenvalue weighted by atomic mass is 16.7. The van der Waals surface area contributed by atoms with Crippen molar-refractivity contribution in [1.82, 2.24) is 0 Å². The lowest BCUT2D eigenvalue weighted by Gasteiger charge is -2.21. The number of amides is 3. The third-order valence-electron chi connectivity index (χ3n) is 3.84. The van der Waals surface area contributed by atoms with Crippen LogP contribution in [0, 0.1) is 0 Å². The van der Waals surface area contributed by atoms with Gasteiger partial charge in [0.1, 0.15) is 6.54 Å². The summed E-state index contributed by atoms with van der Waals surface area (Å²) in [6, 6.07) is 11.8. The molecule has 0 spiro atoms. The first-order valence-electron chi connectivity index (χ1n) is 8.27. The van der Waals surface area contributed by atoms with Crippen molar-refractivity contribution >= 4 is 34.8 Å². The number of carbonyl (C=O) groups excluding carboxylic acids is 3. The Kier molecular flexibility index (Phi) is 5.25. The average Bonchev–Trinajstić information content (AvgIpc) is 3.08. The number of nitrogens with zero attached hydrogens (tertiary/aromatic N) is 1. The highest BCUT2D eigenvalue weighted by Gasteiger charge is 2.20. The van der Waals surface area contributed by atoms with Gasteiger partial charge in [0.15, 0.2) is 11.5 Å². The third kappa shape index (κ3) is 4.55. The van der Waals surface area contributed by atoms with E-state index in [2.05, 4.69) is 10.6 Å². The minimum Gasteiger partial charge on any atom is -0.454 e. The van der Waals surface area contributed by atoms with Crippen LogP contribution < -0.4 is 25.0 Å². The van der Waals surface area contributed by atoms with Gasteiger partial charge in [-0.2, -0.15) is 0 Å². The maximum Gasteiger partial charge on any atom is 0.244 e. The zero-order valence-corrected chi connectivity index (χ0v) is 14.9. The van der Waals surface area contributed by atoms with E-state index in [1.807, 2.05) is 0 Å². The average molecular weight is 369 g/mol. The van der Waals surface area contributed by atoms with E-state index in [4.69, 9.17) is 9.47 Å². The molecule has 3 amide bonds. The molecule has 1 aliphatic heterocycles. The summed E-state index contributed by atoms with van der Waals surface area (Å²) in [5.74, 6) is 0.339. The molecule has 27 heavy (non-hydrogen) atoms. The Bertz CT molecular complexity index is 879. The Balaban J connectivity index is 1.67. The predicted molar refractivity (Wildman–Crippen MR) is 100.0 cm³/mol. The summed E-state index contributed by atoms with van der Waals surface area (Å²) < 4.78 is 10.6. The van der Waals surface area contributed by atoms with Gasteiger partial charge in [-0.15, -0.1) is 0 Å². The van der Waals surface area contributed by atoms with Gasteiger partial charge in [0, 0.05) is 37.0 Å². The van der Waals surface area contributed by atoms with Crippen molar-refractivity contribution in [2.75, 3.05) is 28.9 Å². The lowest BCUT2D eigenvalue weighted by Crippen LogP contribution is -2.36. The lowest BCUT2D eigenvalue weighted by molar-refractivity contribution is -0.120. The molecular formula is C19H19N3O5. The minimum absolute atomic E-state index is 0.133. The number of hydrogen-bond acceptors (Lipinski definition) is 5. The molecule has 8 nitrogen and oxygen atoms in total. The molecule has 0 unspecified atom stereocenters. The van der Waals surface area contributed by atoms with E-state index < -0.39 is 0 Å². The normalized spacial score (nSPS) is 11.6. The van der Waals surface area contributed by atoms with Crippen LogP contribution in [0.1, 0.15) is 13.8 Å². The Morgan fingerprint density at radius 2 is 1.56 bits per heavy atom. The number of benzene rings is 2. The van der Waals surface area contributed by atoms with Crippen LogP contribution in [0.3, 0.4) is 0 Å². The van der Waals surface area contributed by atoms with Crippen molar-refractivity contribution < 1.29 is 23.9 Å². The van der Waals surface area contributed by atoms with E-state index in [1.54, 1.807) is 42.5 Å². The van der Waals surface area contributed by atoms with E-state index in [-0.39, 0.29) is 31.1 Å². The van der Waals surface area contributed by atoms with Gasteiger partial charge in [0.05, 0.1) is 0 Å². The molecule has 0 bridgehead atoms. The monoisotopic (exact) mass is 369 g/mol. The van der Waals surface area contributed by atoms with Gasteiger partial charge < -0.3 is 25.0 Å². The third-order valence-corrected chi connectivity index (χ3v) is 3.84. The van der Waals surface area contributed by atoms with Crippen molar-refractivity contribution in [1.29, 1.82) is 0 Å². The molecule has 2 aromatic carbocycles. The second kappa shape index (κ2) is 7.77.